The van der Waals surface area contributed by atoms with E-state index < -0.39 is 0 Å². The molecule has 0 bridgehead atoms. The molecular weight excluding hydrogens is 72.9 g/mol. The van der Waals surface area contributed by atoms with Crippen molar-refractivity contribution in [1.29, 1.82) is 0 Å². The van der Waals surface area contributed by atoms with Gasteiger partial charge in [0.15, 0.2) is 0 Å². The maximum Gasteiger partial charge on any atom is -0.0165 e. The predicted molar refractivity (Wildman–Crippen MR) is 27.0 cm³/mol. The number of aromatic nitrogens is 1. The highest BCUT2D eigenvalue weighted by molar-refractivity contribution is 6.26. The molecule has 1 heterocycles. The summed E-state index contributed by atoms with van der Waals surface area (Å²) in [6.07, 6.45) is 3.61. The maximum absolute atomic E-state index is 3.82. The Morgan fingerprint density at radius 2 is 1.83 bits per heavy atom. The van der Waals surface area contributed by atoms with Crippen LogP contribution in [0.25, 0.3) is 0 Å². The van der Waals surface area contributed by atoms with Crippen LogP contribution in [0, 0.1) is 0 Å². The molecule has 0 unspecified atom stereocenters. The van der Waals surface area contributed by atoms with Gasteiger partial charge in [0, 0.05) is 0 Å². The summed E-state index contributed by atoms with van der Waals surface area (Å²) in [5.74, 6) is 4.03. The highest BCUT2D eigenvalue weighted by Crippen LogP contribution is 1.65. The van der Waals surface area contributed by atoms with Crippen LogP contribution in [0.2, 0.25) is 0 Å². The van der Waals surface area contributed by atoms with Crippen molar-refractivity contribution in [3.8, 4) is 0 Å². The lowest BCUT2D eigenvalue weighted by atomic mass is 9.99. The molecule has 6 heavy (non-hydrogen) atoms. The smallest absolute Gasteiger partial charge is 0.0165 e. The van der Waals surface area contributed by atoms with Crippen molar-refractivity contribution in [2.24, 2.45) is 0 Å². The lowest BCUT2D eigenvalue weighted by molar-refractivity contribution is 1.36. The Morgan fingerprint density at radius 3 is 2.00 bits per heavy atom. The lowest BCUT2D eigenvalue weighted by Crippen LogP contribution is -1.67. The van der Waals surface area contributed by atoms with Crippen molar-refractivity contribution in [3.63, 3.8) is 0 Å². The summed E-state index contributed by atoms with van der Waals surface area (Å²) < 4.78 is 0. The first-order valence-electron chi connectivity index (χ1n) is 2.00. The Balaban J connectivity index is 3.00. The number of hydrogen-bond donors (Lipinski definition) is 0. The Kier molecular flexibility index (Phi) is 1.00. The first kappa shape index (κ1) is 3.53. The van der Waals surface area contributed by atoms with Gasteiger partial charge in [-0.15, -0.1) is 6.91 Å². The molecule has 0 saturated heterocycles. The van der Waals surface area contributed by atoms with E-state index in [1.165, 1.54) is 0 Å². The van der Waals surface area contributed by atoms with Gasteiger partial charge in [0.05, 0.1) is 0 Å². The third kappa shape index (κ3) is 0.644. The molecule has 0 radical (unpaired) electrons. The zero-order valence-electron chi connectivity index (χ0n) is 3.46. The summed E-state index contributed by atoms with van der Waals surface area (Å²) >= 11 is 0. The van der Waals surface area contributed by atoms with E-state index in [-0.39, 0.29) is 0 Å². The van der Waals surface area contributed by atoms with Crippen LogP contribution < -0.4 is 0 Å². The molecule has 0 aliphatic rings. The van der Waals surface area contributed by atoms with Gasteiger partial charge in [-0.2, -0.15) is 0 Å². The van der Waals surface area contributed by atoms with Gasteiger partial charge in [0.25, 0.3) is 0 Å². The quantitative estimate of drug-likeness (QED) is 0.430. The average molecular weight is 77.9 g/mol. The maximum atomic E-state index is 3.82. The Morgan fingerprint density at radius 1 is 1.17 bits per heavy atom. The normalized spacial score (nSPS) is 8.00. The van der Waals surface area contributed by atoms with Gasteiger partial charge in [-0.25, -0.2) is 11.9 Å². The van der Waals surface area contributed by atoms with Gasteiger partial charge in [0.2, 0.25) is 0 Å². The van der Waals surface area contributed by atoms with Gasteiger partial charge in [-0.05, 0) is 12.4 Å². The number of rotatable bonds is 0. The molecule has 2 heteroatoms. The minimum Gasteiger partial charge on any atom is -0.272 e. The Hall–Kier alpha value is -0.655. The lowest BCUT2D eigenvalue weighted by Gasteiger charge is -1.79. The molecule has 0 spiro atoms. The van der Waals surface area contributed by atoms with Gasteiger partial charge in [-0.3, -0.25) is 4.98 Å². The molecule has 0 fully saturated rings. The van der Waals surface area contributed by atoms with Crippen LogP contribution in [0.15, 0.2) is 24.3 Å². The summed E-state index contributed by atoms with van der Waals surface area (Å²) in [6.45, 7) is 1.05. The molecule has 0 N–H and O–H groups in total. The van der Waals surface area contributed by atoms with Crippen LogP contribution in [0.5, 0.6) is 0 Å². The summed E-state index contributed by atoms with van der Waals surface area (Å²) in [4.78, 5) is 3.82. The van der Waals surface area contributed by atoms with Crippen molar-refractivity contribution in [1.82, 2.24) is 4.98 Å². The molecule has 0 aliphatic carbocycles. The van der Waals surface area contributed by atoms with Crippen molar-refractivity contribution in [2.75, 3.05) is 0 Å². The van der Waals surface area contributed by atoms with Gasteiger partial charge in [-0.1, -0.05) is 0 Å². The third-order valence-electron chi connectivity index (χ3n) is 0.655. The number of hydrogen-bond acceptors (Lipinski definition) is 1. The molecule has 1 rings (SSSR count). The highest BCUT2D eigenvalue weighted by atomic mass is 14.6. The molecule has 0 aliphatic heterocycles. The minimum atomic E-state index is 1.05. The van der Waals surface area contributed by atoms with E-state index in [1.54, 1.807) is 12.4 Å². The second kappa shape index (κ2) is 1.70. The van der Waals surface area contributed by atoms with E-state index in [1.807, 2.05) is 11.9 Å². The fourth-order valence-electron chi connectivity index (χ4n) is 0.372. The van der Waals surface area contributed by atoms with Crippen molar-refractivity contribution >= 4 is 6.91 Å². The average Bonchev–Trinajstić information content (AvgIpc) is 1.72. The molecule has 1 nitrogen and oxygen atoms in total. The fourth-order valence-corrected chi connectivity index (χ4v) is 0.372. The minimum absolute atomic E-state index is 1.05. The zero-order valence-corrected chi connectivity index (χ0v) is 3.46. The monoisotopic (exact) mass is 78.1 g/mol. The molecule has 0 aromatic carbocycles. The third-order valence-corrected chi connectivity index (χ3v) is 0.655. The standard InChI is InChI=1S/C4H5BN/c1-3-6-4-2-5-1/h1-5H/q-1. The van der Waals surface area contributed by atoms with E-state index in [4.69, 9.17) is 0 Å². The first-order valence-corrected chi connectivity index (χ1v) is 2.00. The molecule has 1 aromatic heterocycles. The Labute approximate surface area is 37.3 Å². The van der Waals surface area contributed by atoms with Crippen LogP contribution >= 0.6 is 0 Å². The largest absolute Gasteiger partial charge is 0.272 e. The Bertz CT molecular complexity index is 79.5. The van der Waals surface area contributed by atoms with Gasteiger partial charge in [0.1, 0.15) is 0 Å². The van der Waals surface area contributed by atoms with Crippen LogP contribution in [0.1, 0.15) is 0 Å². The summed E-state index contributed by atoms with van der Waals surface area (Å²) in [5, 5.41) is 0. The predicted octanol–water partition coefficient (Wildman–Crippen LogP) is 0.152. The van der Waals surface area contributed by atoms with E-state index >= 15 is 0 Å². The summed E-state index contributed by atoms with van der Waals surface area (Å²) in [7, 11) is 0. The van der Waals surface area contributed by atoms with E-state index in [0.29, 0.717) is 0 Å². The summed E-state index contributed by atoms with van der Waals surface area (Å²) in [5.41, 5.74) is 0. The SMILES string of the molecule is [bH-]1ccncc1. The second-order valence-electron chi connectivity index (χ2n) is 1.15. The molecular formula is C4H5BN-. The van der Waals surface area contributed by atoms with Crippen LogP contribution in [-0.2, 0) is 0 Å². The van der Waals surface area contributed by atoms with E-state index in [2.05, 4.69) is 4.98 Å². The van der Waals surface area contributed by atoms with Crippen molar-refractivity contribution in [3.05, 3.63) is 24.3 Å². The molecule has 0 amide bonds. The molecule has 1 aromatic rings. The highest BCUT2D eigenvalue weighted by Gasteiger charge is 1.48. The van der Waals surface area contributed by atoms with E-state index in [0.717, 1.165) is 6.91 Å². The molecule has 30 valence electrons. The van der Waals surface area contributed by atoms with Crippen LogP contribution in [-0.4, -0.2) is 11.9 Å². The topological polar surface area (TPSA) is 12.9 Å². The van der Waals surface area contributed by atoms with Crippen LogP contribution in [0.3, 0.4) is 0 Å². The van der Waals surface area contributed by atoms with Gasteiger partial charge < -0.3 is 0 Å². The second-order valence-corrected chi connectivity index (χ2v) is 1.15. The van der Waals surface area contributed by atoms with Gasteiger partial charge >= 0.3 is 0 Å². The zero-order chi connectivity index (χ0) is 4.24. The van der Waals surface area contributed by atoms with Crippen molar-refractivity contribution < 1.29 is 0 Å². The molecule has 0 atom stereocenters. The fraction of sp³-hybridized carbons (Fsp3) is 0. The van der Waals surface area contributed by atoms with Crippen LogP contribution in [0.4, 0.5) is 0 Å². The first-order chi connectivity index (χ1) is 3.00. The molecule has 0 saturated carbocycles. The van der Waals surface area contributed by atoms with Crippen molar-refractivity contribution in [2.45, 2.75) is 0 Å². The van der Waals surface area contributed by atoms with E-state index in [9.17, 15) is 0 Å². The summed E-state index contributed by atoms with van der Waals surface area (Å²) in [6, 6.07) is 0. The number of nitrogens with zero attached hydrogens (tertiary/aromatic N) is 1.